The van der Waals surface area contributed by atoms with Gasteiger partial charge in [0.2, 0.25) is 11.8 Å². The highest BCUT2D eigenvalue weighted by molar-refractivity contribution is 7.09. The summed E-state index contributed by atoms with van der Waals surface area (Å²) in [7, 11) is 3.20. The first-order chi connectivity index (χ1) is 14.0. The molecular formula is C21H27N3O4S. The highest BCUT2D eigenvalue weighted by Crippen LogP contribution is 2.32. The van der Waals surface area contributed by atoms with Crippen LogP contribution in [-0.4, -0.2) is 49.0 Å². The molecule has 1 aromatic heterocycles. The number of hydrogen-bond donors (Lipinski definition) is 1. The number of thiazole rings is 1. The molecule has 29 heavy (non-hydrogen) atoms. The van der Waals surface area contributed by atoms with Crippen LogP contribution in [0.25, 0.3) is 0 Å². The molecule has 2 amide bonds. The Morgan fingerprint density at radius 2 is 2.03 bits per heavy atom. The van der Waals surface area contributed by atoms with Gasteiger partial charge in [0.1, 0.15) is 16.5 Å². The number of nitrogens with one attached hydrogen (secondary N) is 1. The molecule has 1 unspecified atom stereocenters. The highest BCUT2D eigenvalue weighted by atomic mass is 32.1. The van der Waals surface area contributed by atoms with Gasteiger partial charge in [-0.05, 0) is 37.0 Å². The lowest BCUT2D eigenvalue weighted by Crippen LogP contribution is -2.43. The van der Waals surface area contributed by atoms with Crippen molar-refractivity contribution in [2.45, 2.75) is 32.2 Å². The van der Waals surface area contributed by atoms with Gasteiger partial charge in [0.25, 0.3) is 0 Å². The number of hydrogen-bond acceptors (Lipinski definition) is 6. The maximum absolute atomic E-state index is 12.9. The van der Waals surface area contributed by atoms with Crippen molar-refractivity contribution in [3.8, 4) is 11.5 Å². The number of ether oxygens (including phenoxy) is 2. The van der Waals surface area contributed by atoms with Crippen LogP contribution in [0.4, 0.5) is 0 Å². The van der Waals surface area contributed by atoms with Gasteiger partial charge < -0.3 is 19.7 Å². The third kappa shape index (κ3) is 5.26. The standard InChI is InChI=1S/C21H27N3O4S/c1-14(25)23-20(21-22-8-11-29-21)15-6-9-24(10-7-15)19(26)13-16-12-17(27-2)4-5-18(16)28-3/h4-5,8,11-12,15,20H,6-7,9-10,13H2,1-3H3,(H,23,25). The Bertz CT molecular complexity index is 832. The van der Waals surface area contributed by atoms with E-state index in [4.69, 9.17) is 9.47 Å². The predicted molar refractivity (Wildman–Crippen MR) is 111 cm³/mol. The number of carbonyl (C=O) groups is 2. The van der Waals surface area contributed by atoms with Crippen LogP contribution in [-0.2, 0) is 16.0 Å². The highest BCUT2D eigenvalue weighted by Gasteiger charge is 2.31. The Hall–Kier alpha value is -2.61. The maximum atomic E-state index is 12.9. The number of carbonyl (C=O) groups excluding carboxylic acids is 2. The number of aromatic nitrogens is 1. The lowest BCUT2D eigenvalue weighted by Gasteiger charge is -2.35. The van der Waals surface area contributed by atoms with Crippen LogP contribution in [0.1, 0.15) is 36.4 Å². The van der Waals surface area contributed by atoms with Crippen LogP contribution in [0.5, 0.6) is 11.5 Å². The molecular weight excluding hydrogens is 390 g/mol. The van der Waals surface area contributed by atoms with Crippen LogP contribution in [0.3, 0.4) is 0 Å². The van der Waals surface area contributed by atoms with Crippen molar-refractivity contribution in [2.75, 3.05) is 27.3 Å². The predicted octanol–water partition coefficient (Wildman–Crippen LogP) is 2.82. The number of methoxy groups -OCH3 is 2. The Kier molecular flexibility index (Phi) is 7.09. The number of nitrogens with zero attached hydrogens (tertiary/aromatic N) is 2. The summed E-state index contributed by atoms with van der Waals surface area (Å²) in [5.74, 6) is 1.66. The van der Waals surface area contributed by atoms with Crippen molar-refractivity contribution >= 4 is 23.2 Å². The fraction of sp³-hybridized carbons (Fsp3) is 0.476. The van der Waals surface area contributed by atoms with E-state index in [1.807, 2.05) is 28.5 Å². The number of benzene rings is 1. The third-order valence-electron chi connectivity index (χ3n) is 5.27. The van der Waals surface area contributed by atoms with Gasteiger partial charge in [-0.1, -0.05) is 0 Å². The van der Waals surface area contributed by atoms with Crippen molar-refractivity contribution in [1.82, 2.24) is 15.2 Å². The summed E-state index contributed by atoms with van der Waals surface area (Å²) in [4.78, 5) is 30.8. The van der Waals surface area contributed by atoms with E-state index in [2.05, 4.69) is 10.3 Å². The molecule has 8 heteroatoms. The molecule has 1 saturated heterocycles. The third-order valence-corrected chi connectivity index (χ3v) is 6.13. The van der Waals surface area contributed by atoms with E-state index in [0.717, 1.165) is 23.4 Å². The molecule has 0 spiro atoms. The quantitative estimate of drug-likeness (QED) is 0.749. The Morgan fingerprint density at radius 1 is 1.28 bits per heavy atom. The van der Waals surface area contributed by atoms with Crippen LogP contribution in [0.15, 0.2) is 29.8 Å². The largest absolute Gasteiger partial charge is 0.497 e. The number of likely N-dealkylation sites (tertiary alicyclic amines) is 1. The summed E-state index contributed by atoms with van der Waals surface area (Å²) < 4.78 is 10.7. The molecule has 2 heterocycles. The molecule has 1 aliphatic rings. The second-order valence-electron chi connectivity index (χ2n) is 7.12. The van der Waals surface area contributed by atoms with Gasteiger partial charge in [-0.2, -0.15) is 0 Å². The van der Waals surface area contributed by atoms with Crippen LogP contribution < -0.4 is 14.8 Å². The maximum Gasteiger partial charge on any atom is 0.227 e. The lowest BCUT2D eigenvalue weighted by molar-refractivity contribution is -0.132. The smallest absolute Gasteiger partial charge is 0.227 e. The average Bonchev–Trinajstić information content (AvgIpc) is 3.26. The zero-order valence-electron chi connectivity index (χ0n) is 17.0. The molecule has 2 aromatic rings. The number of piperidine rings is 1. The fourth-order valence-corrected chi connectivity index (χ4v) is 4.55. The summed E-state index contributed by atoms with van der Waals surface area (Å²) in [5, 5.41) is 5.88. The first-order valence-corrected chi connectivity index (χ1v) is 10.5. The van der Waals surface area contributed by atoms with E-state index in [9.17, 15) is 9.59 Å². The Balaban J connectivity index is 1.63. The van der Waals surface area contributed by atoms with Crippen molar-refractivity contribution < 1.29 is 19.1 Å². The van der Waals surface area contributed by atoms with Gasteiger partial charge >= 0.3 is 0 Å². The summed E-state index contributed by atoms with van der Waals surface area (Å²) in [6, 6.07) is 5.39. The van der Waals surface area contributed by atoms with Crippen molar-refractivity contribution in [3.05, 3.63) is 40.3 Å². The number of amides is 2. The van der Waals surface area contributed by atoms with Crippen molar-refractivity contribution in [2.24, 2.45) is 5.92 Å². The second-order valence-corrected chi connectivity index (χ2v) is 8.05. The van der Waals surface area contributed by atoms with E-state index in [1.54, 1.807) is 31.8 Å². The molecule has 0 saturated carbocycles. The van der Waals surface area contributed by atoms with E-state index in [0.29, 0.717) is 24.6 Å². The SMILES string of the molecule is COc1ccc(OC)c(CC(=O)N2CCC(C(NC(C)=O)c3nccs3)CC2)c1. The van der Waals surface area contributed by atoms with Gasteiger partial charge in [-0.25, -0.2) is 4.98 Å². The summed E-state index contributed by atoms with van der Waals surface area (Å²) in [6.45, 7) is 2.86. The summed E-state index contributed by atoms with van der Waals surface area (Å²) in [5.41, 5.74) is 0.817. The first kappa shape index (κ1) is 21.1. The monoisotopic (exact) mass is 417 g/mol. The zero-order chi connectivity index (χ0) is 20.8. The van der Waals surface area contributed by atoms with Gasteiger partial charge in [-0.3, -0.25) is 9.59 Å². The van der Waals surface area contributed by atoms with Gasteiger partial charge in [0.05, 0.1) is 26.7 Å². The Morgan fingerprint density at radius 3 is 2.62 bits per heavy atom. The molecule has 7 nitrogen and oxygen atoms in total. The molecule has 3 rings (SSSR count). The van der Waals surface area contributed by atoms with E-state index in [1.165, 1.54) is 6.92 Å². The molecule has 0 radical (unpaired) electrons. The summed E-state index contributed by atoms with van der Waals surface area (Å²) in [6.07, 6.45) is 3.68. The first-order valence-electron chi connectivity index (χ1n) is 9.67. The van der Waals surface area contributed by atoms with Gasteiger partial charge in [0.15, 0.2) is 0 Å². The van der Waals surface area contributed by atoms with E-state index >= 15 is 0 Å². The zero-order valence-corrected chi connectivity index (χ0v) is 17.8. The van der Waals surface area contributed by atoms with Crippen molar-refractivity contribution in [3.63, 3.8) is 0 Å². The molecule has 156 valence electrons. The van der Waals surface area contributed by atoms with Crippen LogP contribution >= 0.6 is 11.3 Å². The lowest BCUT2D eigenvalue weighted by atomic mass is 9.89. The topological polar surface area (TPSA) is 80.8 Å². The van der Waals surface area contributed by atoms with Gasteiger partial charge in [0, 0.05) is 37.2 Å². The van der Waals surface area contributed by atoms with E-state index in [-0.39, 0.29) is 30.2 Å². The molecule has 1 aromatic carbocycles. The van der Waals surface area contributed by atoms with E-state index < -0.39 is 0 Å². The molecule has 1 aliphatic heterocycles. The molecule has 1 N–H and O–H groups in total. The van der Waals surface area contributed by atoms with Gasteiger partial charge in [-0.15, -0.1) is 11.3 Å². The van der Waals surface area contributed by atoms with Crippen molar-refractivity contribution in [1.29, 1.82) is 0 Å². The molecule has 0 aliphatic carbocycles. The van der Waals surface area contributed by atoms with Crippen LogP contribution in [0, 0.1) is 5.92 Å². The molecule has 0 bridgehead atoms. The average molecular weight is 418 g/mol. The molecule has 1 atom stereocenters. The Labute approximate surface area is 175 Å². The van der Waals surface area contributed by atoms with Crippen LogP contribution in [0.2, 0.25) is 0 Å². The normalized spacial score (nSPS) is 15.6. The fourth-order valence-electron chi connectivity index (χ4n) is 3.77. The minimum absolute atomic E-state index is 0.0613. The number of rotatable bonds is 7. The minimum atomic E-state index is -0.0942. The minimum Gasteiger partial charge on any atom is -0.497 e. The summed E-state index contributed by atoms with van der Waals surface area (Å²) >= 11 is 1.55. The molecule has 1 fully saturated rings. The second kappa shape index (κ2) is 9.73.